The number of rotatable bonds is 5. The van der Waals surface area contributed by atoms with E-state index in [-0.39, 0.29) is 18.2 Å². The maximum Gasteiger partial charge on any atom is 0.271 e. The van der Waals surface area contributed by atoms with E-state index < -0.39 is 0 Å². The number of aryl methyl sites for hydroxylation is 1. The molecule has 2 heterocycles. The SMILES string of the molecule is C#CCOc1ccc(C=c2sc3n(c2=O)C(c2ccccc2OC)C2=C(N=3)c3ccccc3CC2)cc1. The Morgan fingerprint density at radius 2 is 1.86 bits per heavy atom. The van der Waals surface area contributed by atoms with Crippen molar-refractivity contribution in [1.82, 2.24) is 4.57 Å². The largest absolute Gasteiger partial charge is 0.496 e. The molecule has 0 bridgehead atoms. The monoisotopic (exact) mass is 504 g/mol. The maximum atomic E-state index is 13.9. The first-order valence-electron chi connectivity index (χ1n) is 12.1. The van der Waals surface area contributed by atoms with Crippen LogP contribution in [0.1, 0.15) is 34.7 Å². The highest BCUT2D eigenvalue weighted by Gasteiger charge is 2.33. The van der Waals surface area contributed by atoms with E-state index >= 15 is 0 Å². The minimum atomic E-state index is -0.280. The topological polar surface area (TPSA) is 52.8 Å². The van der Waals surface area contributed by atoms with Gasteiger partial charge >= 0.3 is 0 Å². The number of methoxy groups -OCH3 is 1. The van der Waals surface area contributed by atoms with Gasteiger partial charge in [0, 0.05) is 11.1 Å². The van der Waals surface area contributed by atoms with Gasteiger partial charge in [0.25, 0.3) is 5.56 Å². The molecule has 0 spiro atoms. The van der Waals surface area contributed by atoms with Gasteiger partial charge < -0.3 is 9.47 Å². The fraction of sp³-hybridized carbons (Fsp3) is 0.161. The van der Waals surface area contributed by atoms with Crippen LogP contribution in [0, 0.1) is 12.3 Å². The van der Waals surface area contributed by atoms with Crippen LogP contribution in [-0.2, 0) is 6.42 Å². The number of benzene rings is 3. The Bertz CT molecular complexity index is 1750. The van der Waals surface area contributed by atoms with E-state index in [0.717, 1.165) is 46.6 Å². The molecule has 3 aromatic carbocycles. The van der Waals surface area contributed by atoms with Gasteiger partial charge in [0.2, 0.25) is 0 Å². The number of nitrogens with zero attached hydrogens (tertiary/aromatic N) is 2. The molecule has 1 unspecified atom stereocenters. The summed E-state index contributed by atoms with van der Waals surface area (Å²) in [6.07, 6.45) is 8.93. The van der Waals surface area contributed by atoms with Crippen molar-refractivity contribution in [2.75, 3.05) is 13.7 Å². The fourth-order valence-electron chi connectivity index (χ4n) is 5.13. The molecule has 0 radical (unpaired) electrons. The minimum Gasteiger partial charge on any atom is -0.496 e. The molecule has 4 aromatic rings. The van der Waals surface area contributed by atoms with Crippen molar-refractivity contribution in [3.05, 3.63) is 120 Å². The van der Waals surface area contributed by atoms with E-state index in [4.69, 9.17) is 20.9 Å². The first-order valence-corrected chi connectivity index (χ1v) is 12.9. The van der Waals surface area contributed by atoms with Crippen molar-refractivity contribution in [3.63, 3.8) is 0 Å². The van der Waals surface area contributed by atoms with E-state index in [1.165, 1.54) is 16.9 Å². The first-order chi connectivity index (χ1) is 18.2. The van der Waals surface area contributed by atoms with Crippen LogP contribution in [0.2, 0.25) is 0 Å². The number of fused-ring (bicyclic) bond motifs is 3. The van der Waals surface area contributed by atoms with Gasteiger partial charge in [-0.2, -0.15) is 0 Å². The molecule has 1 atom stereocenters. The standard InChI is InChI=1S/C31H24N2O3S/c1-3-18-36-22-15-12-20(13-16-22)19-27-30(34)33-29(24-10-6-7-11-26(24)35-2)25-17-14-21-8-4-5-9-23(21)28(25)32-31(33)37-27/h1,4-13,15-16,19,29H,14,17-18H2,2H3. The van der Waals surface area contributed by atoms with Gasteiger partial charge in [0.05, 0.1) is 23.4 Å². The van der Waals surface area contributed by atoms with Gasteiger partial charge in [0.1, 0.15) is 18.1 Å². The maximum absolute atomic E-state index is 13.9. The lowest BCUT2D eigenvalue weighted by Gasteiger charge is -2.31. The average molecular weight is 505 g/mol. The second-order valence-electron chi connectivity index (χ2n) is 8.92. The smallest absolute Gasteiger partial charge is 0.271 e. The van der Waals surface area contributed by atoms with Gasteiger partial charge in [-0.25, -0.2) is 4.99 Å². The van der Waals surface area contributed by atoms with Crippen molar-refractivity contribution in [1.29, 1.82) is 0 Å². The number of aromatic nitrogens is 1. The second-order valence-corrected chi connectivity index (χ2v) is 9.93. The summed E-state index contributed by atoms with van der Waals surface area (Å²) in [4.78, 5) is 19.7. The summed E-state index contributed by atoms with van der Waals surface area (Å²) >= 11 is 1.41. The molecule has 1 aromatic heterocycles. The number of hydrogen-bond acceptors (Lipinski definition) is 5. The molecule has 2 aliphatic rings. The van der Waals surface area contributed by atoms with Crippen LogP contribution in [0.5, 0.6) is 11.5 Å². The van der Waals surface area contributed by atoms with Crippen LogP contribution < -0.4 is 24.4 Å². The van der Waals surface area contributed by atoms with Crippen LogP contribution in [0.25, 0.3) is 11.8 Å². The van der Waals surface area contributed by atoms with E-state index in [9.17, 15) is 4.79 Å². The quantitative estimate of drug-likeness (QED) is 0.380. The number of terminal acetylenes is 1. The van der Waals surface area contributed by atoms with Gasteiger partial charge in [-0.15, -0.1) is 6.42 Å². The Morgan fingerprint density at radius 1 is 1.08 bits per heavy atom. The Balaban J connectivity index is 1.55. The second kappa shape index (κ2) is 9.61. The molecule has 0 saturated carbocycles. The lowest BCUT2D eigenvalue weighted by atomic mass is 9.83. The van der Waals surface area contributed by atoms with E-state index in [1.54, 1.807) is 7.11 Å². The number of thiazole rings is 1. The summed E-state index contributed by atoms with van der Waals surface area (Å²) in [5.74, 6) is 3.92. The Kier molecular flexibility index (Phi) is 5.99. The number of ether oxygens (including phenoxy) is 2. The molecule has 6 rings (SSSR count). The molecule has 0 N–H and O–H groups in total. The van der Waals surface area contributed by atoms with E-state index in [1.807, 2.05) is 59.2 Å². The van der Waals surface area contributed by atoms with Crippen molar-refractivity contribution in [3.8, 4) is 23.8 Å². The van der Waals surface area contributed by atoms with Crippen molar-refractivity contribution in [2.24, 2.45) is 4.99 Å². The molecule has 5 nitrogen and oxygen atoms in total. The van der Waals surface area contributed by atoms with Gasteiger partial charge in [0.15, 0.2) is 4.80 Å². The molecule has 1 aliphatic carbocycles. The van der Waals surface area contributed by atoms with Crippen molar-refractivity contribution >= 4 is 23.1 Å². The number of hydrogen-bond donors (Lipinski definition) is 0. The Morgan fingerprint density at radius 3 is 2.68 bits per heavy atom. The summed E-state index contributed by atoms with van der Waals surface area (Å²) in [5, 5.41) is 0. The van der Waals surface area contributed by atoms with Crippen LogP contribution in [0.15, 0.2) is 88.2 Å². The van der Waals surface area contributed by atoms with Crippen LogP contribution in [0.3, 0.4) is 0 Å². The third kappa shape index (κ3) is 4.08. The third-order valence-electron chi connectivity index (χ3n) is 6.81. The molecule has 6 heteroatoms. The summed E-state index contributed by atoms with van der Waals surface area (Å²) in [6.45, 7) is 0.217. The van der Waals surface area contributed by atoms with E-state index in [0.29, 0.717) is 15.1 Å². The molecule has 0 fully saturated rings. The zero-order valence-electron chi connectivity index (χ0n) is 20.3. The predicted octanol–water partition coefficient (Wildman–Crippen LogP) is 4.34. The summed E-state index contributed by atoms with van der Waals surface area (Å²) in [5.41, 5.74) is 6.37. The molecule has 1 aliphatic heterocycles. The summed E-state index contributed by atoms with van der Waals surface area (Å²) in [7, 11) is 1.67. The first kappa shape index (κ1) is 23.1. The fourth-order valence-corrected chi connectivity index (χ4v) is 6.13. The Labute approximate surface area is 218 Å². The molecule has 182 valence electrons. The summed E-state index contributed by atoms with van der Waals surface area (Å²) in [6, 6.07) is 23.6. The van der Waals surface area contributed by atoms with E-state index in [2.05, 4.69) is 30.2 Å². The van der Waals surface area contributed by atoms with Gasteiger partial charge in [-0.3, -0.25) is 9.36 Å². The van der Waals surface area contributed by atoms with Crippen LogP contribution in [-0.4, -0.2) is 18.3 Å². The van der Waals surface area contributed by atoms with Crippen LogP contribution in [0.4, 0.5) is 0 Å². The van der Waals surface area contributed by atoms with Crippen molar-refractivity contribution < 1.29 is 9.47 Å². The zero-order chi connectivity index (χ0) is 25.4. The lowest BCUT2D eigenvalue weighted by Crippen LogP contribution is -2.38. The molecular formula is C31H24N2O3S. The molecule has 0 saturated heterocycles. The molecular weight excluding hydrogens is 480 g/mol. The zero-order valence-corrected chi connectivity index (χ0v) is 21.1. The summed E-state index contributed by atoms with van der Waals surface area (Å²) < 4.78 is 13.7. The molecule has 0 amide bonds. The van der Waals surface area contributed by atoms with Gasteiger partial charge in [-0.05, 0) is 53.8 Å². The highest BCUT2D eigenvalue weighted by Crippen LogP contribution is 2.43. The van der Waals surface area contributed by atoms with Crippen molar-refractivity contribution in [2.45, 2.75) is 18.9 Å². The number of para-hydroxylation sites is 1. The minimum absolute atomic E-state index is 0.0577. The third-order valence-corrected chi connectivity index (χ3v) is 7.79. The predicted molar refractivity (Wildman–Crippen MR) is 147 cm³/mol. The normalized spacial score (nSPS) is 16.2. The lowest BCUT2D eigenvalue weighted by molar-refractivity contribution is 0.370. The molecule has 37 heavy (non-hydrogen) atoms. The Hall–Kier alpha value is -4.34. The van der Waals surface area contributed by atoms with Crippen LogP contribution >= 0.6 is 11.3 Å². The average Bonchev–Trinajstić information content (AvgIpc) is 3.25. The van der Waals surface area contributed by atoms with Gasteiger partial charge in [-0.1, -0.05) is 71.9 Å². The highest BCUT2D eigenvalue weighted by molar-refractivity contribution is 7.07. The number of allylic oxidation sites excluding steroid dienone is 1. The highest BCUT2D eigenvalue weighted by atomic mass is 32.1.